The summed E-state index contributed by atoms with van der Waals surface area (Å²) in [5.74, 6) is 2.71. The van der Waals surface area contributed by atoms with Crippen molar-refractivity contribution in [2.24, 2.45) is 0 Å². The highest BCUT2D eigenvalue weighted by Crippen LogP contribution is 2.40. The standard InChI is InChI=1S/C20H20N2O3S/c1-12-10-15-16(25-12)8-9-17-19(15)21-20(26-17)22(2)18(23)11-13-4-6-14(24-3)7-5-13/h4-7,10H,8-9,11H2,1-3H3. The van der Waals surface area contributed by atoms with E-state index >= 15 is 0 Å². The molecule has 0 fully saturated rings. The molecule has 26 heavy (non-hydrogen) atoms. The second kappa shape index (κ2) is 6.61. The molecule has 5 nitrogen and oxygen atoms in total. The van der Waals surface area contributed by atoms with Gasteiger partial charge in [0.15, 0.2) is 5.13 Å². The molecule has 0 aliphatic heterocycles. The SMILES string of the molecule is COc1ccc(CC(=O)N(C)c2nc3c(s2)CCc2oc(C)cc2-3)cc1. The molecule has 1 amide bonds. The van der Waals surface area contributed by atoms with Gasteiger partial charge in [0.25, 0.3) is 0 Å². The molecule has 2 aromatic heterocycles. The van der Waals surface area contributed by atoms with E-state index in [1.165, 1.54) is 4.88 Å². The minimum absolute atomic E-state index is 0.0184. The number of carbonyl (C=O) groups excluding carboxylic acids is 1. The monoisotopic (exact) mass is 368 g/mol. The maximum Gasteiger partial charge on any atom is 0.232 e. The lowest BCUT2D eigenvalue weighted by molar-refractivity contribution is -0.117. The second-order valence-electron chi connectivity index (χ2n) is 6.44. The van der Waals surface area contributed by atoms with E-state index in [0.29, 0.717) is 6.42 Å². The Hall–Kier alpha value is -2.60. The van der Waals surface area contributed by atoms with Crippen LogP contribution in [0.2, 0.25) is 0 Å². The fourth-order valence-corrected chi connectivity index (χ4v) is 4.23. The van der Waals surface area contributed by atoms with Crippen LogP contribution >= 0.6 is 11.3 Å². The molecular weight excluding hydrogens is 348 g/mol. The van der Waals surface area contributed by atoms with Crippen LogP contribution < -0.4 is 9.64 Å². The van der Waals surface area contributed by atoms with Gasteiger partial charge in [-0.2, -0.15) is 0 Å². The van der Waals surface area contributed by atoms with Crippen molar-refractivity contribution in [2.45, 2.75) is 26.2 Å². The predicted molar refractivity (Wildman–Crippen MR) is 102 cm³/mol. The summed E-state index contributed by atoms with van der Waals surface area (Å²) < 4.78 is 10.9. The van der Waals surface area contributed by atoms with Crippen molar-refractivity contribution in [3.05, 3.63) is 52.3 Å². The molecule has 0 spiro atoms. The molecule has 1 aliphatic rings. The number of methoxy groups -OCH3 is 1. The molecule has 0 atom stereocenters. The van der Waals surface area contributed by atoms with Crippen molar-refractivity contribution in [3.63, 3.8) is 0 Å². The van der Waals surface area contributed by atoms with Crippen LogP contribution in [0.5, 0.6) is 5.75 Å². The largest absolute Gasteiger partial charge is 0.497 e. The molecule has 0 saturated heterocycles. The molecule has 2 heterocycles. The highest BCUT2D eigenvalue weighted by molar-refractivity contribution is 7.16. The normalized spacial score (nSPS) is 12.4. The maximum absolute atomic E-state index is 12.7. The van der Waals surface area contributed by atoms with Crippen molar-refractivity contribution in [3.8, 4) is 17.0 Å². The number of amides is 1. The van der Waals surface area contributed by atoms with Crippen molar-refractivity contribution >= 4 is 22.4 Å². The summed E-state index contributed by atoms with van der Waals surface area (Å²) in [4.78, 5) is 20.3. The van der Waals surface area contributed by atoms with Gasteiger partial charge >= 0.3 is 0 Å². The van der Waals surface area contributed by atoms with Gasteiger partial charge in [-0.25, -0.2) is 4.98 Å². The number of furan rings is 1. The number of nitrogens with zero attached hydrogens (tertiary/aromatic N) is 2. The van der Waals surface area contributed by atoms with Gasteiger partial charge < -0.3 is 9.15 Å². The van der Waals surface area contributed by atoms with Gasteiger partial charge in [0.05, 0.1) is 19.2 Å². The highest BCUT2D eigenvalue weighted by atomic mass is 32.1. The van der Waals surface area contributed by atoms with E-state index in [4.69, 9.17) is 14.1 Å². The Balaban J connectivity index is 1.54. The fourth-order valence-electron chi connectivity index (χ4n) is 3.18. The van der Waals surface area contributed by atoms with E-state index in [1.807, 2.05) is 37.3 Å². The van der Waals surface area contributed by atoms with Crippen molar-refractivity contribution in [1.29, 1.82) is 0 Å². The number of thiazole rings is 1. The molecule has 6 heteroatoms. The Kier molecular flexibility index (Phi) is 4.28. The van der Waals surface area contributed by atoms with Gasteiger partial charge in [-0.1, -0.05) is 12.1 Å². The van der Waals surface area contributed by atoms with E-state index in [-0.39, 0.29) is 5.91 Å². The number of carbonyl (C=O) groups is 1. The minimum atomic E-state index is 0.0184. The second-order valence-corrected chi connectivity index (χ2v) is 7.50. The smallest absolute Gasteiger partial charge is 0.232 e. The average molecular weight is 368 g/mol. The third-order valence-electron chi connectivity index (χ3n) is 4.63. The quantitative estimate of drug-likeness (QED) is 0.698. The van der Waals surface area contributed by atoms with Gasteiger partial charge in [-0.3, -0.25) is 9.69 Å². The molecule has 0 N–H and O–H groups in total. The summed E-state index contributed by atoms with van der Waals surface area (Å²) in [6.45, 7) is 1.95. The molecule has 1 aromatic carbocycles. The van der Waals surface area contributed by atoms with Crippen molar-refractivity contribution < 1.29 is 13.9 Å². The number of aryl methyl sites for hydroxylation is 3. The first-order valence-electron chi connectivity index (χ1n) is 8.54. The number of rotatable bonds is 4. The first-order valence-corrected chi connectivity index (χ1v) is 9.35. The van der Waals surface area contributed by atoms with Crippen LogP contribution in [-0.4, -0.2) is 25.0 Å². The van der Waals surface area contributed by atoms with Crippen LogP contribution in [0.25, 0.3) is 11.3 Å². The van der Waals surface area contributed by atoms with E-state index in [0.717, 1.165) is 52.1 Å². The van der Waals surface area contributed by atoms with Crippen LogP contribution in [0, 0.1) is 6.92 Å². The molecule has 0 saturated carbocycles. The molecule has 4 rings (SSSR count). The first kappa shape index (κ1) is 16.8. The molecule has 134 valence electrons. The Bertz CT molecular complexity index is 956. The molecular formula is C20H20N2O3S. The number of fused-ring (bicyclic) bond motifs is 3. The zero-order valence-electron chi connectivity index (χ0n) is 15.0. The summed E-state index contributed by atoms with van der Waals surface area (Å²) in [5.41, 5.74) is 2.99. The minimum Gasteiger partial charge on any atom is -0.497 e. The van der Waals surface area contributed by atoms with Crippen LogP contribution in [0.3, 0.4) is 0 Å². The van der Waals surface area contributed by atoms with Crippen LogP contribution in [0.4, 0.5) is 5.13 Å². The Labute approximate surface area is 156 Å². The number of hydrogen-bond donors (Lipinski definition) is 0. The van der Waals surface area contributed by atoms with E-state index in [2.05, 4.69) is 0 Å². The lowest BCUT2D eigenvalue weighted by atomic mass is 10.0. The molecule has 0 bridgehead atoms. The number of likely N-dealkylation sites (N-methyl/N-ethyl adjacent to an activating group) is 1. The van der Waals surface area contributed by atoms with Crippen molar-refractivity contribution in [1.82, 2.24) is 4.98 Å². The van der Waals surface area contributed by atoms with Gasteiger partial charge in [-0.15, -0.1) is 11.3 Å². The Morgan fingerprint density at radius 3 is 2.81 bits per heavy atom. The third kappa shape index (κ3) is 3.01. The van der Waals surface area contributed by atoms with E-state index in [9.17, 15) is 4.79 Å². The molecule has 0 radical (unpaired) electrons. The zero-order valence-corrected chi connectivity index (χ0v) is 15.9. The van der Waals surface area contributed by atoms with Crippen LogP contribution in [0.1, 0.15) is 22.0 Å². The lowest BCUT2D eigenvalue weighted by Crippen LogP contribution is -2.27. The van der Waals surface area contributed by atoms with Crippen LogP contribution in [-0.2, 0) is 24.1 Å². The highest BCUT2D eigenvalue weighted by Gasteiger charge is 2.26. The topological polar surface area (TPSA) is 55.6 Å². The fraction of sp³-hybridized carbons (Fsp3) is 0.300. The van der Waals surface area contributed by atoms with Crippen molar-refractivity contribution in [2.75, 3.05) is 19.1 Å². The number of hydrogen-bond acceptors (Lipinski definition) is 5. The van der Waals surface area contributed by atoms with E-state index < -0.39 is 0 Å². The maximum atomic E-state index is 12.7. The summed E-state index contributed by atoms with van der Waals surface area (Å²) in [7, 11) is 3.42. The van der Waals surface area contributed by atoms with Crippen LogP contribution in [0.15, 0.2) is 34.7 Å². The van der Waals surface area contributed by atoms with Gasteiger partial charge in [0, 0.05) is 23.9 Å². The first-order chi connectivity index (χ1) is 12.5. The third-order valence-corrected chi connectivity index (χ3v) is 5.82. The lowest BCUT2D eigenvalue weighted by Gasteiger charge is -2.13. The molecule has 1 aliphatic carbocycles. The number of aromatic nitrogens is 1. The number of ether oxygens (including phenoxy) is 1. The summed E-state index contributed by atoms with van der Waals surface area (Å²) in [6.07, 6.45) is 2.13. The Morgan fingerprint density at radius 1 is 1.31 bits per heavy atom. The average Bonchev–Trinajstić information content (AvgIpc) is 3.24. The van der Waals surface area contributed by atoms with Gasteiger partial charge in [-0.05, 0) is 37.1 Å². The zero-order chi connectivity index (χ0) is 18.3. The van der Waals surface area contributed by atoms with E-state index in [1.54, 1.807) is 30.4 Å². The summed E-state index contributed by atoms with van der Waals surface area (Å²) in [5, 5.41) is 0.736. The number of anilines is 1. The Morgan fingerprint density at radius 2 is 2.08 bits per heavy atom. The number of benzene rings is 1. The predicted octanol–water partition coefficient (Wildman–Crippen LogP) is 4.02. The summed E-state index contributed by atoms with van der Waals surface area (Å²) in [6, 6.07) is 9.60. The summed E-state index contributed by atoms with van der Waals surface area (Å²) >= 11 is 1.59. The molecule has 0 unspecified atom stereocenters. The molecule has 3 aromatic rings. The van der Waals surface area contributed by atoms with Gasteiger partial charge in [0.2, 0.25) is 5.91 Å². The van der Waals surface area contributed by atoms with Gasteiger partial charge in [0.1, 0.15) is 17.3 Å².